The summed E-state index contributed by atoms with van der Waals surface area (Å²) in [5, 5.41) is 0. The van der Waals surface area contributed by atoms with E-state index in [0.717, 1.165) is 12.1 Å². The molecule has 0 aromatic heterocycles. The van der Waals surface area contributed by atoms with Gasteiger partial charge in [0.1, 0.15) is 0 Å². The quantitative estimate of drug-likeness (QED) is 0.601. The lowest BCUT2D eigenvalue weighted by atomic mass is 10.1. The molecule has 0 amide bonds. The highest BCUT2D eigenvalue weighted by Gasteiger charge is 2.11. The third kappa shape index (κ3) is 4.52. The Hall–Kier alpha value is -1.61. The van der Waals surface area contributed by atoms with Crippen LogP contribution in [0, 0.1) is 0 Å². The van der Waals surface area contributed by atoms with Crippen LogP contribution in [0.15, 0.2) is 30.3 Å². The van der Waals surface area contributed by atoms with Gasteiger partial charge in [0.05, 0.1) is 6.61 Å². The first-order valence-corrected chi connectivity index (χ1v) is 6.94. The third-order valence-electron chi connectivity index (χ3n) is 3.28. The molecular formula is C16H21NO2. The number of esters is 1. The zero-order chi connectivity index (χ0) is 13.5. The number of hydrogen-bond acceptors (Lipinski definition) is 3. The van der Waals surface area contributed by atoms with Crippen LogP contribution in [-0.4, -0.2) is 30.6 Å². The average Bonchev–Trinajstić information content (AvgIpc) is 2.91. The van der Waals surface area contributed by atoms with Gasteiger partial charge in [-0.05, 0) is 50.1 Å². The number of carbonyl (C=O) groups excluding carboxylic acids is 1. The molecule has 1 aromatic rings. The number of hydrogen-bond donors (Lipinski definition) is 0. The second kappa shape index (κ2) is 7.10. The maximum atomic E-state index is 11.2. The van der Waals surface area contributed by atoms with Gasteiger partial charge in [0, 0.05) is 12.6 Å². The third-order valence-corrected chi connectivity index (χ3v) is 3.28. The van der Waals surface area contributed by atoms with E-state index in [0.29, 0.717) is 6.61 Å². The molecule has 102 valence electrons. The molecule has 1 fully saturated rings. The lowest BCUT2D eigenvalue weighted by Crippen LogP contribution is -2.18. The Bertz CT molecular complexity index is 431. The second-order valence-electron chi connectivity index (χ2n) is 4.81. The summed E-state index contributed by atoms with van der Waals surface area (Å²) in [6.07, 6.45) is 5.90. The maximum Gasteiger partial charge on any atom is 0.330 e. The summed E-state index contributed by atoms with van der Waals surface area (Å²) in [5.41, 5.74) is 2.36. The molecule has 0 N–H and O–H groups in total. The molecule has 3 nitrogen and oxygen atoms in total. The van der Waals surface area contributed by atoms with E-state index >= 15 is 0 Å². The minimum Gasteiger partial charge on any atom is -0.463 e. The van der Waals surface area contributed by atoms with Crippen LogP contribution in [-0.2, 0) is 16.1 Å². The Balaban J connectivity index is 1.88. The highest BCUT2D eigenvalue weighted by molar-refractivity contribution is 5.86. The minimum atomic E-state index is -0.288. The maximum absolute atomic E-state index is 11.2. The van der Waals surface area contributed by atoms with E-state index in [1.165, 1.54) is 37.6 Å². The molecule has 1 aliphatic rings. The highest BCUT2D eigenvalue weighted by atomic mass is 16.5. The first kappa shape index (κ1) is 13.8. The van der Waals surface area contributed by atoms with Crippen molar-refractivity contribution in [3.8, 4) is 0 Å². The van der Waals surface area contributed by atoms with Crippen molar-refractivity contribution in [2.75, 3.05) is 19.7 Å². The van der Waals surface area contributed by atoms with E-state index in [9.17, 15) is 4.79 Å². The zero-order valence-corrected chi connectivity index (χ0v) is 11.5. The average molecular weight is 259 g/mol. The van der Waals surface area contributed by atoms with Crippen molar-refractivity contribution in [3.63, 3.8) is 0 Å². The van der Waals surface area contributed by atoms with Gasteiger partial charge in [0.25, 0.3) is 0 Å². The van der Waals surface area contributed by atoms with E-state index in [2.05, 4.69) is 17.0 Å². The van der Waals surface area contributed by atoms with Crippen LogP contribution in [0.3, 0.4) is 0 Å². The summed E-state index contributed by atoms with van der Waals surface area (Å²) in [6, 6.07) is 8.34. The lowest BCUT2D eigenvalue weighted by molar-refractivity contribution is -0.137. The van der Waals surface area contributed by atoms with Gasteiger partial charge >= 0.3 is 5.97 Å². The van der Waals surface area contributed by atoms with Gasteiger partial charge < -0.3 is 4.74 Å². The molecule has 3 heteroatoms. The van der Waals surface area contributed by atoms with Gasteiger partial charge in [-0.25, -0.2) is 4.79 Å². The van der Waals surface area contributed by atoms with Crippen molar-refractivity contribution < 1.29 is 9.53 Å². The number of benzene rings is 1. The van der Waals surface area contributed by atoms with E-state index in [4.69, 9.17) is 4.74 Å². The zero-order valence-electron chi connectivity index (χ0n) is 11.5. The standard InChI is InChI=1S/C16H21NO2/c1-2-19-16(18)10-9-14-5-7-15(8-6-14)13-17-11-3-4-12-17/h5-10H,2-4,11-13H2,1H3. The minimum absolute atomic E-state index is 0.288. The number of likely N-dealkylation sites (tertiary alicyclic amines) is 1. The fourth-order valence-corrected chi connectivity index (χ4v) is 2.29. The molecule has 2 rings (SSSR count). The summed E-state index contributed by atoms with van der Waals surface area (Å²) in [7, 11) is 0. The van der Waals surface area contributed by atoms with E-state index in [-0.39, 0.29) is 5.97 Å². The lowest BCUT2D eigenvalue weighted by Gasteiger charge is -2.14. The largest absolute Gasteiger partial charge is 0.463 e. The van der Waals surface area contributed by atoms with Crippen LogP contribution in [0.5, 0.6) is 0 Å². The molecule has 19 heavy (non-hydrogen) atoms. The van der Waals surface area contributed by atoms with Crippen molar-refractivity contribution in [2.45, 2.75) is 26.3 Å². The molecule has 1 heterocycles. The number of carbonyl (C=O) groups is 1. The molecule has 0 unspecified atom stereocenters. The molecule has 0 aliphatic carbocycles. The van der Waals surface area contributed by atoms with E-state index < -0.39 is 0 Å². The monoisotopic (exact) mass is 259 g/mol. The van der Waals surface area contributed by atoms with Gasteiger partial charge in [-0.1, -0.05) is 24.3 Å². The first-order chi connectivity index (χ1) is 9.28. The van der Waals surface area contributed by atoms with Crippen LogP contribution in [0.2, 0.25) is 0 Å². The molecular weight excluding hydrogens is 238 g/mol. The summed E-state index contributed by atoms with van der Waals surface area (Å²) >= 11 is 0. The number of rotatable bonds is 5. The predicted octanol–water partition coefficient (Wildman–Crippen LogP) is 2.86. The Labute approximate surface area is 114 Å². The van der Waals surface area contributed by atoms with Gasteiger partial charge in [-0.2, -0.15) is 0 Å². The van der Waals surface area contributed by atoms with Gasteiger partial charge in [0.2, 0.25) is 0 Å². The van der Waals surface area contributed by atoms with Crippen LogP contribution in [0.25, 0.3) is 6.08 Å². The summed E-state index contributed by atoms with van der Waals surface area (Å²) in [4.78, 5) is 13.7. The van der Waals surface area contributed by atoms with Gasteiger partial charge in [0.15, 0.2) is 0 Å². The summed E-state index contributed by atoms with van der Waals surface area (Å²) in [6.45, 7) is 5.67. The highest BCUT2D eigenvalue weighted by Crippen LogP contribution is 2.13. The van der Waals surface area contributed by atoms with E-state index in [1.807, 2.05) is 12.1 Å². The fourth-order valence-electron chi connectivity index (χ4n) is 2.29. The van der Waals surface area contributed by atoms with Crippen LogP contribution >= 0.6 is 0 Å². The molecule has 0 saturated carbocycles. The van der Waals surface area contributed by atoms with Crippen LogP contribution in [0.1, 0.15) is 30.9 Å². The Morgan fingerprint density at radius 2 is 1.95 bits per heavy atom. The van der Waals surface area contributed by atoms with Crippen LogP contribution < -0.4 is 0 Å². The van der Waals surface area contributed by atoms with E-state index in [1.54, 1.807) is 13.0 Å². The summed E-state index contributed by atoms with van der Waals surface area (Å²) < 4.78 is 4.84. The molecule has 1 saturated heterocycles. The fraction of sp³-hybridized carbons (Fsp3) is 0.438. The van der Waals surface area contributed by atoms with Crippen molar-refractivity contribution >= 4 is 12.0 Å². The molecule has 1 aromatic carbocycles. The Morgan fingerprint density at radius 3 is 2.58 bits per heavy atom. The molecule has 0 radical (unpaired) electrons. The Kier molecular flexibility index (Phi) is 5.16. The van der Waals surface area contributed by atoms with Crippen molar-refractivity contribution in [1.82, 2.24) is 4.90 Å². The van der Waals surface area contributed by atoms with Gasteiger partial charge in [-0.15, -0.1) is 0 Å². The van der Waals surface area contributed by atoms with Crippen molar-refractivity contribution in [2.24, 2.45) is 0 Å². The molecule has 0 spiro atoms. The molecule has 0 bridgehead atoms. The van der Waals surface area contributed by atoms with Crippen LogP contribution in [0.4, 0.5) is 0 Å². The van der Waals surface area contributed by atoms with Gasteiger partial charge in [-0.3, -0.25) is 4.90 Å². The smallest absolute Gasteiger partial charge is 0.330 e. The number of ether oxygens (including phenoxy) is 1. The van der Waals surface area contributed by atoms with Crippen molar-refractivity contribution in [1.29, 1.82) is 0 Å². The molecule has 0 atom stereocenters. The molecule has 1 aliphatic heterocycles. The first-order valence-electron chi connectivity index (χ1n) is 6.94. The Morgan fingerprint density at radius 1 is 1.26 bits per heavy atom. The van der Waals surface area contributed by atoms with Crippen molar-refractivity contribution in [3.05, 3.63) is 41.5 Å². The second-order valence-corrected chi connectivity index (χ2v) is 4.81. The number of nitrogens with zero attached hydrogens (tertiary/aromatic N) is 1. The SMILES string of the molecule is CCOC(=O)C=Cc1ccc(CN2CCCC2)cc1. The normalized spacial score (nSPS) is 16.1. The summed E-state index contributed by atoms with van der Waals surface area (Å²) in [5.74, 6) is -0.288. The topological polar surface area (TPSA) is 29.5 Å². The predicted molar refractivity (Wildman–Crippen MR) is 76.6 cm³/mol.